The summed E-state index contributed by atoms with van der Waals surface area (Å²) in [7, 11) is 3.24. The highest BCUT2D eigenvalue weighted by Crippen LogP contribution is 2.08. The molecule has 2 rings (SSSR count). The lowest BCUT2D eigenvalue weighted by Crippen LogP contribution is -2.29. The monoisotopic (exact) mass is 320 g/mol. The number of aryl methyl sites for hydroxylation is 2. The first kappa shape index (κ1) is 16.5. The molecule has 0 unspecified atom stereocenters. The van der Waals surface area contributed by atoms with E-state index in [1.807, 2.05) is 13.8 Å². The van der Waals surface area contributed by atoms with Gasteiger partial charge in [0.1, 0.15) is 6.54 Å². The predicted molar refractivity (Wildman–Crippen MR) is 82.6 cm³/mol. The highest BCUT2D eigenvalue weighted by Gasteiger charge is 2.11. The normalized spacial score (nSPS) is 10.4. The van der Waals surface area contributed by atoms with Crippen LogP contribution >= 0.6 is 0 Å². The molecule has 0 saturated heterocycles. The van der Waals surface area contributed by atoms with Gasteiger partial charge < -0.3 is 10.2 Å². The maximum atomic E-state index is 11.9. The Morgan fingerprint density at radius 3 is 2.70 bits per heavy atom. The summed E-state index contributed by atoms with van der Waals surface area (Å²) in [4.78, 5) is 26.0. The van der Waals surface area contributed by atoms with Gasteiger partial charge in [-0.15, -0.1) is 5.10 Å². The lowest BCUT2D eigenvalue weighted by molar-refractivity contribution is -0.122. The van der Waals surface area contributed by atoms with Crippen LogP contribution in [-0.2, 0) is 17.9 Å². The summed E-state index contributed by atoms with van der Waals surface area (Å²) in [6.07, 6.45) is 1.39. The molecule has 3 amide bonds. The molecule has 0 aliphatic heterocycles. The molecule has 2 aromatic rings. The van der Waals surface area contributed by atoms with Gasteiger partial charge in [-0.25, -0.2) is 4.79 Å². The van der Waals surface area contributed by atoms with Crippen molar-refractivity contribution in [3.8, 4) is 0 Å². The van der Waals surface area contributed by atoms with Crippen LogP contribution in [0.5, 0.6) is 0 Å². The molecule has 124 valence electrons. The Kier molecular flexibility index (Phi) is 4.94. The number of rotatable bonds is 5. The van der Waals surface area contributed by atoms with Crippen LogP contribution in [0.2, 0.25) is 0 Å². The number of aromatic amines is 1. The minimum absolute atomic E-state index is 0.0339. The van der Waals surface area contributed by atoms with E-state index >= 15 is 0 Å². The van der Waals surface area contributed by atoms with E-state index in [0.29, 0.717) is 6.54 Å². The van der Waals surface area contributed by atoms with Gasteiger partial charge in [-0.2, -0.15) is 15.0 Å². The van der Waals surface area contributed by atoms with Gasteiger partial charge in [0.2, 0.25) is 5.91 Å². The largest absolute Gasteiger partial charge is 0.350 e. The SMILES string of the molecule is Cc1n[nH]c(C)c1CNC(=O)Cn1ncc(NC(=O)N(C)C)n1. The first-order chi connectivity index (χ1) is 10.9. The number of hydrogen-bond acceptors (Lipinski definition) is 5. The van der Waals surface area contributed by atoms with Crippen molar-refractivity contribution in [1.29, 1.82) is 0 Å². The Bertz CT molecular complexity index is 683. The molecule has 0 aromatic carbocycles. The third-order valence-corrected chi connectivity index (χ3v) is 3.21. The molecule has 23 heavy (non-hydrogen) atoms. The van der Waals surface area contributed by atoms with Gasteiger partial charge in [0.05, 0.1) is 11.9 Å². The first-order valence-corrected chi connectivity index (χ1v) is 7.02. The van der Waals surface area contributed by atoms with Gasteiger partial charge in [-0.1, -0.05) is 0 Å². The molecular weight excluding hydrogens is 300 g/mol. The average molecular weight is 320 g/mol. The van der Waals surface area contributed by atoms with Crippen LogP contribution in [0.3, 0.4) is 0 Å². The summed E-state index contributed by atoms with van der Waals surface area (Å²) < 4.78 is 0. The summed E-state index contributed by atoms with van der Waals surface area (Å²) >= 11 is 0. The van der Waals surface area contributed by atoms with E-state index in [4.69, 9.17) is 0 Å². The molecule has 0 fully saturated rings. The van der Waals surface area contributed by atoms with E-state index < -0.39 is 0 Å². The Balaban J connectivity index is 1.86. The lowest BCUT2D eigenvalue weighted by Gasteiger charge is -2.09. The number of urea groups is 1. The Morgan fingerprint density at radius 1 is 1.35 bits per heavy atom. The van der Waals surface area contributed by atoms with Gasteiger partial charge in [-0.3, -0.25) is 15.2 Å². The molecule has 3 N–H and O–H groups in total. The molecule has 0 atom stereocenters. The van der Waals surface area contributed by atoms with Gasteiger partial charge in [0.25, 0.3) is 0 Å². The first-order valence-electron chi connectivity index (χ1n) is 7.02. The number of anilines is 1. The van der Waals surface area contributed by atoms with Crippen LogP contribution in [0.4, 0.5) is 10.6 Å². The van der Waals surface area contributed by atoms with E-state index in [2.05, 4.69) is 31.0 Å². The summed E-state index contributed by atoms with van der Waals surface area (Å²) in [6.45, 7) is 4.13. The molecular formula is C13H20N8O2. The molecule has 0 saturated carbocycles. The van der Waals surface area contributed by atoms with Crippen molar-refractivity contribution in [2.75, 3.05) is 19.4 Å². The molecule has 2 aromatic heterocycles. The standard InChI is InChI=1S/C13H20N8O2/c1-8-10(9(2)18-17-8)5-14-12(22)7-21-15-6-11(19-21)16-13(23)20(3)4/h6H,5,7H2,1-4H3,(H,14,22)(H,17,18)(H,16,19,23). The van der Waals surface area contributed by atoms with Gasteiger partial charge in [0.15, 0.2) is 5.82 Å². The predicted octanol–water partition coefficient (Wildman–Crippen LogP) is 0.0279. The van der Waals surface area contributed by atoms with Gasteiger partial charge >= 0.3 is 6.03 Å². The average Bonchev–Trinajstić information content (AvgIpc) is 3.04. The molecule has 10 nitrogen and oxygen atoms in total. The molecule has 0 radical (unpaired) electrons. The van der Waals surface area contributed by atoms with Crippen LogP contribution in [0.1, 0.15) is 17.0 Å². The Morgan fingerprint density at radius 2 is 2.09 bits per heavy atom. The fourth-order valence-corrected chi connectivity index (χ4v) is 1.86. The fourth-order valence-electron chi connectivity index (χ4n) is 1.86. The zero-order valence-corrected chi connectivity index (χ0v) is 13.5. The minimum atomic E-state index is -0.313. The minimum Gasteiger partial charge on any atom is -0.350 e. The summed E-state index contributed by atoms with van der Waals surface area (Å²) in [5, 5.41) is 20.2. The summed E-state index contributed by atoms with van der Waals surface area (Å²) in [6, 6.07) is -0.313. The van der Waals surface area contributed by atoms with Crippen molar-refractivity contribution >= 4 is 17.8 Å². The maximum Gasteiger partial charge on any atom is 0.322 e. The number of H-pyrrole nitrogens is 1. The number of nitrogens with one attached hydrogen (secondary N) is 3. The highest BCUT2D eigenvalue weighted by molar-refractivity contribution is 5.87. The van der Waals surface area contributed by atoms with Crippen molar-refractivity contribution in [3.05, 3.63) is 23.1 Å². The fraction of sp³-hybridized carbons (Fsp3) is 0.462. The number of hydrogen-bond donors (Lipinski definition) is 3. The van der Waals surface area contributed by atoms with Gasteiger partial charge in [0, 0.05) is 31.9 Å². The smallest absolute Gasteiger partial charge is 0.322 e. The Hall–Kier alpha value is -2.91. The van der Waals surface area contributed by atoms with Crippen molar-refractivity contribution in [2.45, 2.75) is 26.9 Å². The second-order valence-electron chi connectivity index (χ2n) is 5.27. The third kappa shape index (κ3) is 4.28. The topological polar surface area (TPSA) is 121 Å². The van der Waals surface area contributed by atoms with Crippen LogP contribution in [0.25, 0.3) is 0 Å². The summed E-state index contributed by atoms with van der Waals surface area (Å²) in [5.74, 6) is 0.0594. The van der Waals surface area contributed by atoms with E-state index in [0.717, 1.165) is 17.0 Å². The van der Waals surface area contributed by atoms with E-state index in [-0.39, 0.29) is 24.3 Å². The highest BCUT2D eigenvalue weighted by atomic mass is 16.2. The number of amides is 3. The van der Waals surface area contributed by atoms with Crippen molar-refractivity contribution in [3.63, 3.8) is 0 Å². The van der Waals surface area contributed by atoms with Crippen LogP contribution in [0, 0.1) is 13.8 Å². The summed E-state index contributed by atoms with van der Waals surface area (Å²) in [5.41, 5.74) is 2.74. The van der Waals surface area contributed by atoms with Crippen LogP contribution < -0.4 is 10.6 Å². The van der Waals surface area contributed by atoms with Crippen molar-refractivity contribution in [2.24, 2.45) is 0 Å². The van der Waals surface area contributed by atoms with E-state index in [1.165, 1.54) is 15.9 Å². The quantitative estimate of drug-likeness (QED) is 0.717. The third-order valence-electron chi connectivity index (χ3n) is 3.21. The molecule has 0 bridgehead atoms. The molecule has 2 heterocycles. The second kappa shape index (κ2) is 6.90. The lowest BCUT2D eigenvalue weighted by atomic mass is 10.2. The number of aromatic nitrogens is 5. The zero-order valence-electron chi connectivity index (χ0n) is 13.5. The van der Waals surface area contributed by atoms with Crippen molar-refractivity contribution < 1.29 is 9.59 Å². The van der Waals surface area contributed by atoms with Crippen molar-refractivity contribution in [1.82, 2.24) is 35.4 Å². The Labute approximate surface area is 133 Å². The van der Waals surface area contributed by atoms with Crippen LogP contribution in [-0.4, -0.2) is 56.1 Å². The number of carbonyl (C=O) groups is 2. The van der Waals surface area contributed by atoms with Gasteiger partial charge in [-0.05, 0) is 13.8 Å². The number of nitrogens with zero attached hydrogens (tertiary/aromatic N) is 5. The van der Waals surface area contributed by atoms with Crippen LogP contribution in [0.15, 0.2) is 6.20 Å². The zero-order chi connectivity index (χ0) is 17.0. The second-order valence-corrected chi connectivity index (χ2v) is 5.27. The molecule has 0 spiro atoms. The van der Waals surface area contributed by atoms with E-state index in [1.54, 1.807) is 14.1 Å². The number of carbonyl (C=O) groups excluding carboxylic acids is 2. The molecule has 0 aliphatic rings. The van der Waals surface area contributed by atoms with E-state index in [9.17, 15) is 9.59 Å². The maximum absolute atomic E-state index is 11.9. The molecule has 10 heteroatoms. The molecule has 0 aliphatic carbocycles.